The zero-order valence-corrected chi connectivity index (χ0v) is 20.9. The summed E-state index contributed by atoms with van der Waals surface area (Å²) in [5, 5.41) is 5.79. The fourth-order valence-electron chi connectivity index (χ4n) is 3.07. The summed E-state index contributed by atoms with van der Waals surface area (Å²) in [4.78, 5) is 41.7. The first-order chi connectivity index (χ1) is 17.3. The number of rotatable bonds is 5. The number of aryl methyl sites for hydroxylation is 2. The average molecular weight is 505 g/mol. The monoisotopic (exact) mass is 504 g/mol. The van der Waals surface area contributed by atoms with Crippen molar-refractivity contribution >= 4 is 53.1 Å². The van der Waals surface area contributed by atoms with Crippen LogP contribution in [0.4, 0.5) is 11.6 Å². The molecule has 0 aliphatic carbocycles. The molecule has 36 heavy (non-hydrogen) atoms. The molecule has 0 aliphatic heterocycles. The van der Waals surface area contributed by atoms with Crippen LogP contribution in [0.25, 0.3) is 0 Å². The van der Waals surface area contributed by atoms with E-state index in [0.717, 1.165) is 17.0 Å². The third-order valence-corrected chi connectivity index (χ3v) is 4.83. The molecule has 11 heteroatoms. The molecule has 10 nitrogen and oxygen atoms in total. The van der Waals surface area contributed by atoms with Crippen molar-refractivity contribution in [1.29, 1.82) is 0 Å². The first-order valence-corrected chi connectivity index (χ1v) is 11.1. The van der Waals surface area contributed by atoms with Gasteiger partial charge >= 0.3 is 11.9 Å². The van der Waals surface area contributed by atoms with Gasteiger partial charge in [-0.2, -0.15) is 4.99 Å². The number of nitrogens with zero attached hydrogens (tertiary/aromatic N) is 4. The molecule has 0 radical (unpaired) electrons. The van der Waals surface area contributed by atoms with Crippen LogP contribution in [0.5, 0.6) is 0 Å². The molecule has 0 saturated carbocycles. The Morgan fingerprint density at radius 1 is 0.917 bits per heavy atom. The van der Waals surface area contributed by atoms with Crippen LogP contribution in [0, 0.1) is 13.8 Å². The number of aromatic nitrogens is 2. The zero-order chi connectivity index (χ0) is 26.1. The lowest BCUT2D eigenvalue weighted by atomic mass is 10.1. The highest BCUT2D eigenvalue weighted by atomic mass is 32.1. The fourth-order valence-corrected chi connectivity index (χ4v) is 3.26. The van der Waals surface area contributed by atoms with E-state index in [2.05, 4.69) is 30.6 Å². The molecule has 184 valence electrons. The number of anilines is 2. The molecule has 0 unspecified atom stereocenters. The molecule has 0 spiro atoms. The highest BCUT2D eigenvalue weighted by molar-refractivity contribution is 7.80. The summed E-state index contributed by atoms with van der Waals surface area (Å²) < 4.78 is 9.59. The van der Waals surface area contributed by atoms with E-state index in [0.29, 0.717) is 5.95 Å². The molecule has 0 bridgehead atoms. The number of guanidine groups is 1. The molecular weight excluding hydrogens is 480 g/mol. The molecule has 0 amide bonds. The van der Waals surface area contributed by atoms with E-state index >= 15 is 0 Å². The summed E-state index contributed by atoms with van der Waals surface area (Å²) in [7, 11) is 2.51. The van der Waals surface area contributed by atoms with Crippen LogP contribution in [0.15, 0.2) is 64.6 Å². The molecule has 2 N–H and O–H groups in total. The second-order valence-electron chi connectivity index (χ2n) is 7.38. The average Bonchev–Trinajstić information content (AvgIpc) is 2.86. The number of carbonyl (C=O) groups is 2. The summed E-state index contributed by atoms with van der Waals surface area (Å²) in [6.45, 7) is 3.69. The van der Waals surface area contributed by atoms with Gasteiger partial charge in [-0.1, -0.05) is 30.3 Å². The Morgan fingerprint density at radius 3 is 2.22 bits per heavy atom. The Bertz CT molecular complexity index is 1320. The van der Waals surface area contributed by atoms with Crippen molar-refractivity contribution in [2.75, 3.05) is 24.9 Å². The number of carbonyl (C=O) groups excluding carboxylic acids is 2. The van der Waals surface area contributed by atoms with Crippen molar-refractivity contribution < 1.29 is 19.1 Å². The van der Waals surface area contributed by atoms with Crippen molar-refractivity contribution in [1.82, 2.24) is 9.97 Å². The Kier molecular flexibility index (Phi) is 8.89. The number of thiocarbonyl (C=S) groups is 1. The maximum atomic E-state index is 12.2. The molecule has 2 aromatic carbocycles. The number of aliphatic imine (C=N–C) groups is 2. The summed E-state index contributed by atoms with van der Waals surface area (Å²) in [5.74, 6) is -0.803. The van der Waals surface area contributed by atoms with Gasteiger partial charge in [-0.15, -0.1) is 0 Å². The SMILES string of the molecule is COC(=O)c1ccc(C(=O)OC)c(NC(=S)/N=C(/N=C/c2ccccc2)Nc2nc(C)cc(C)n2)c1. The van der Waals surface area contributed by atoms with Crippen molar-refractivity contribution in [3.63, 3.8) is 0 Å². The summed E-state index contributed by atoms with van der Waals surface area (Å²) in [6.07, 6.45) is 1.61. The first kappa shape index (κ1) is 26.1. The van der Waals surface area contributed by atoms with E-state index < -0.39 is 11.9 Å². The van der Waals surface area contributed by atoms with Crippen molar-refractivity contribution in [2.45, 2.75) is 13.8 Å². The van der Waals surface area contributed by atoms with E-state index in [4.69, 9.17) is 21.7 Å². The number of esters is 2. The molecule has 0 saturated heterocycles. The molecule has 1 heterocycles. The third kappa shape index (κ3) is 7.24. The molecule has 0 aliphatic rings. The van der Waals surface area contributed by atoms with Gasteiger partial charge in [-0.05, 0) is 55.9 Å². The van der Waals surface area contributed by atoms with E-state index in [1.165, 1.54) is 32.4 Å². The van der Waals surface area contributed by atoms with Gasteiger partial charge in [0.25, 0.3) is 0 Å². The lowest BCUT2D eigenvalue weighted by Crippen LogP contribution is -2.19. The van der Waals surface area contributed by atoms with Crippen molar-refractivity contribution in [3.05, 3.63) is 82.7 Å². The lowest BCUT2D eigenvalue weighted by molar-refractivity contribution is 0.0587. The quantitative estimate of drug-likeness (QED) is 0.230. The fraction of sp³-hybridized carbons (Fsp3) is 0.160. The first-order valence-electron chi connectivity index (χ1n) is 10.7. The second kappa shape index (κ2) is 12.3. The third-order valence-electron chi connectivity index (χ3n) is 4.64. The van der Waals surface area contributed by atoms with Crippen LogP contribution in [0.3, 0.4) is 0 Å². The second-order valence-corrected chi connectivity index (χ2v) is 7.76. The van der Waals surface area contributed by atoms with Crippen molar-refractivity contribution in [2.24, 2.45) is 9.98 Å². The number of ether oxygens (including phenoxy) is 2. The van der Waals surface area contributed by atoms with Crippen LogP contribution in [0.2, 0.25) is 0 Å². The minimum absolute atomic E-state index is 0.0424. The highest BCUT2D eigenvalue weighted by Gasteiger charge is 2.17. The molecular formula is C25H24N6O4S. The summed E-state index contributed by atoms with van der Waals surface area (Å²) >= 11 is 5.41. The van der Waals surface area contributed by atoms with Crippen LogP contribution < -0.4 is 10.6 Å². The molecule has 3 rings (SSSR count). The maximum absolute atomic E-state index is 12.2. The van der Waals surface area contributed by atoms with Gasteiger partial charge in [0.15, 0.2) is 0 Å². The zero-order valence-electron chi connectivity index (χ0n) is 20.1. The predicted octanol–water partition coefficient (Wildman–Crippen LogP) is 3.95. The van der Waals surface area contributed by atoms with E-state index in [9.17, 15) is 9.59 Å². The Balaban J connectivity index is 1.95. The molecule has 0 atom stereocenters. The summed E-state index contributed by atoms with van der Waals surface area (Å²) in [6, 6.07) is 15.6. The largest absolute Gasteiger partial charge is 0.465 e. The van der Waals surface area contributed by atoms with Crippen LogP contribution >= 0.6 is 12.2 Å². The smallest absolute Gasteiger partial charge is 0.339 e. The topological polar surface area (TPSA) is 127 Å². The number of hydrogen-bond acceptors (Lipinski definition) is 7. The summed E-state index contributed by atoms with van der Waals surface area (Å²) in [5.41, 5.74) is 2.95. The normalized spacial score (nSPS) is 11.2. The predicted molar refractivity (Wildman–Crippen MR) is 142 cm³/mol. The highest BCUT2D eigenvalue weighted by Crippen LogP contribution is 2.20. The van der Waals surface area contributed by atoms with Gasteiger partial charge < -0.3 is 14.8 Å². The molecule has 1 aromatic heterocycles. The van der Waals surface area contributed by atoms with Crippen LogP contribution in [-0.4, -0.2) is 53.4 Å². The van der Waals surface area contributed by atoms with Gasteiger partial charge in [0.1, 0.15) is 0 Å². The van der Waals surface area contributed by atoms with Gasteiger partial charge in [0.2, 0.25) is 17.0 Å². The Morgan fingerprint density at radius 2 is 1.58 bits per heavy atom. The van der Waals surface area contributed by atoms with Crippen LogP contribution in [0.1, 0.15) is 37.7 Å². The Hall–Kier alpha value is -4.51. The minimum atomic E-state index is -0.621. The van der Waals surface area contributed by atoms with E-state index in [1.807, 2.05) is 50.2 Å². The van der Waals surface area contributed by atoms with Crippen LogP contribution in [-0.2, 0) is 9.47 Å². The molecule has 3 aromatic rings. The number of hydrogen-bond donors (Lipinski definition) is 2. The lowest BCUT2D eigenvalue weighted by Gasteiger charge is -2.12. The van der Waals surface area contributed by atoms with Gasteiger partial charge in [-0.3, -0.25) is 5.32 Å². The van der Waals surface area contributed by atoms with Gasteiger partial charge in [-0.25, -0.2) is 24.5 Å². The maximum Gasteiger partial charge on any atom is 0.339 e. The molecule has 0 fully saturated rings. The number of nitrogens with one attached hydrogen (secondary N) is 2. The van der Waals surface area contributed by atoms with E-state index in [-0.39, 0.29) is 27.9 Å². The Labute approximate surface area is 213 Å². The van der Waals surface area contributed by atoms with E-state index in [1.54, 1.807) is 6.21 Å². The number of methoxy groups -OCH3 is 2. The van der Waals surface area contributed by atoms with Crippen molar-refractivity contribution in [3.8, 4) is 0 Å². The number of benzene rings is 2. The minimum Gasteiger partial charge on any atom is -0.465 e. The van der Waals surface area contributed by atoms with Gasteiger partial charge in [0.05, 0.1) is 31.0 Å². The standard InChI is InChI=1S/C25H24N6O4S/c1-15-12-16(2)28-24(27-15)30-23(26-14-17-8-6-5-7-9-17)31-25(36)29-20-13-18(21(32)34-3)10-11-19(20)22(33)35-4/h5-14H,1-4H3,(H2,27,28,29,30,31,36)/b26-14+. The van der Waals surface area contributed by atoms with Gasteiger partial charge in [0, 0.05) is 17.6 Å².